The lowest BCUT2D eigenvalue weighted by Gasteiger charge is -2.19. The van der Waals surface area contributed by atoms with Crippen LogP contribution < -0.4 is 10.6 Å². The number of hydrogen-bond acceptors (Lipinski definition) is 3. The second-order valence-corrected chi connectivity index (χ2v) is 4.70. The van der Waals surface area contributed by atoms with E-state index in [1.165, 1.54) is 6.07 Å². The first kappa shape index (κ1) is 13.3. The van der Waals surface area contributed by atoms with E-state index < -0.39 is 0 Å². The van der Waals surface area contributed by atoms with Crippen molar-refractivity contribution >= 4 is 11.5 Å². The van der Waals surface area contributed by atoms with E-state index in [0.29, 0.717) is 5.69 Å². The summed E-state index contributed by atoms with van der Waals surface area (Å²) in [6.07, 6.45) is 2.45. The molecule has 100 valence electrons. The Labute approximate surface area is 112 Å². The fraction of sp³-hybridized carbons (Fsp3) is 0.267. The molecule has 4 heteroatoms. The Morgan fingerprint density at radius 2 is 2.11 bits per heavy atom. The third kappa shape index (κ3) is 3.44. The van der Waals surface area contributed by atoms with E-state index in [9.17, 15) is 4.39 Å². The topological polar surface area (TPSA) is 42.2 Å². The van der Waals surface area contributed by atoms with Crippen LogP contribution in [0.5, 0.6) is 0 Å². The van der Waals surface area contributed by atoms with Gasteiger partial charge in [-0.15, -0.1) is 0 Å². The summed E-state index contributed by atoms with van der Waals surface area (Å²) in [6.45, 7) is 2.74. The van der Waals surface area contributed by atoms with E-state index in [0.717, 1.165) is 29.9 Å². The van der Waals surface area contributed by atoms with Crippen molar-refractivity contribution in [2.45, 2.75) is 13.3 Å². The van der Waals surface area contributed by atoms with Crippen LogP contribution in [0.4, 0.5) is 15.9 Å². The van der Waals surface area contributed by atoms with Crippen LogP contribution in [0.2, 0.25) is 0 Å². The molecule has 1 aromatic heterocycles. The number of aromatic nitrogens is 1. The van der Waals surface area contributed by atoms with E-state index in [4.69, 9.17) is 5.73 Å². The maximum Gasteiger partial charge on any atom is 0.128 e. The van der Waals surface area contributed by atoms with Crippen molar-refractivity contribution in [1.82, 2.24) is 4.98 Å². The van der Waals surface area contributed by atoms with E-state index in [-0.39, 0.29) is 5.82 Å². The predicted molar refractivity (Wildman–Crippen MR) is 76.8 cm³/mol. The van der Waals surface area contributed by atoms with Crippen LogP contribution in [0.3, 0.4) is 0 Å². The molecule has 0 unspecified atom stereocenters. The van der Waals surface area contributed by atoms with Crippen LogP contribution in [0.1, 0.15) is 11.1 Å². The predicted octanol–water partition coefficient (Wildman–Crippen LogP) is 2.79. The molecule has 2 aromatic rings. The van der Waals surface area contributed by atoms with Crippen molar-refractivity contribution < 1.29 is 4.39 Å². The standard InChI is InChI=1S/C15H18FN3/c1-11-8-15(18-10-14(11)17)19(2)7-6-12-4-3-5-13(16)9-12/h3-5,8-10H,6-7,17H2,1-2H3. The number of halogens is 1. The van der Waals surface area contributed by atoms with E-state index in [2.05, 4.69) is 4.98 Å². The third-order valence-corrected chi connectivity index (χ3v) is 3.15. The average molecular weight is 259 g/mol. The van der Waals surface area contributed by atoms with Gasteiger partial charge in [-0.3, -0.25) is 0 Å². The van der Waals surface area contributed by atoms with Gasteiger partial charge in [0.25, 0.3) is 0 Å². The SMILES string of the molecule is Cc1cc(N(C)CCc2cccc(F)c2)ncc1N. The number of likely N-dealkylation sites (N-methyl/N-ethyl adjacent to an activating group) is 1. The molecule has 0 aliphatic rings. The van der Waals surface area contributed by atoms with Crippen LogP contribution in [0, 0.1) is 12.7 Å². The molecule has 0 spiro atoms. The molecule has 0 aliphatic carbocycles. The molecule has 0 fully saturated rings. The number of nitrogens with zero attached hydrogens (tertiary/aromatic N) is 2. The molecule has 2 N–H and O–H groups in total. The van der Waals surface area contributed by atoms with Crippen molar-refractivity contribution in [3.63, 3.8) is 0 Å². The van der Waals surface area contributed by atoms with Crippen molar-refractivity contribution in [3.8, 4) is 0 Å². The quantitative estimate of drug-likeness (QED) is 0.918. The molecule has 0 amide bonds. The average Bonchev–Trinajstić information content (AvgIpc) is 2.39. The summed E-state index contributed by atoms with van der Waals surface area (Å²) in [6, 6.07) is 8.64. The first-order valence-electron chi connectivity index (χ1n) is 6.24. The number of benzene rings is 1. The van der Waals surface area contributed by atoms with Gasteiger partial charge in [-0.25, -0.2) is 9.37 Å². The Morgan fingerprint density at radius 1 is 1.32 bits per heavy atom. The largest absolute Gasteiger partial charge is 0.397 e. The lowest BCUT2D eigenvalue weighted by Crippen LogP contribution is -2.21. The van der Waals surface area contributed by atoms with Gasteiger partial charge in [0.05, 0.1) is 11.9 Å². The minimum Gasteiger partial charge on any atom is -0.397 e. The number of pyridine rings is 1. The molecule has 0 radical (unpaired) electrons. The van der Waals surface area contributed by atoms with Crippen molar-refractivity contribution in [2.75, 3.05) is 24.2 Å². The summed E-state index contributed by atoms with van der Waals surface area (Å²) in [5.74, 6) is 0.685. The zero-order chi connectivity index (χ0) is 13.8. The van der Waals surface area contributed by atoms with Gasteiger partial charge in [0.1, 0.15) is 11.6 Å². The summed E-state index contributed by atoms with van der Waals surface area (Å²) in [7, 11) is 1.97. The molecule has 0 atom stereocenters. The monoisotopic (exact) mass is 259 g/mol. The molecule has 1 aromatic carbocycles. The number of nitrogens with two attached hydrogens (primary N) is 1. The highest BCUT2D eigenvalue weighted by Crippen LogP contribution is 2.16. The molecule has 3 nitrogen and oxygen atoms in total. The number of aryl methyl sites for hydroxylation is 1. The van der Waals surface area contributed by atoms with E-state index in [1.54, 1.807) is 18.3 Å². The van der Waals surface area contributed by atoms with E-state index in [1.807, 2.05) is 31.0 Å². The van der Waals surface area contributed by atoms with Gasteiger partial charge < -0.3 is 10.6 Å². The number of hydrogen-bond donors (Lipinski definition) is 1. The molecule has 0 bridgehead atoms. The summed E-state index contributed by atoms with van der Waals surface area (Å²) in [5, 5.41) is 0. The maximum absolute atomic E-state index is 13.1. The fourth-order valence-electron chi connectivity index (χ4n) is 1.86. The van der Waals surface area contributed by atoms with Gasteiger partial charge in [0, 0.05) is 13.6 Å². The molecule has 0 aliphatic heterocycles. The van der Waals surface area contributed by atoms with Crippen LogP contribution in [-0.2, 0) is 6.42 Å². The third-order valence-electron chi connectivity index (χ3n) is 3.15. The molecule has 19 heavy (non-hydrogen) atoms. The lowest BCUT2D eigenvalue weighted by molar-refractivity contribution is 0.625. The molecule has 0 saturated heterocycles. The smallest absolute Gasteiger partial charge is 0.128 e. The normalized spacial score (nSPS) is 10.5. The fourth-order valence-corrected chi connectivity index (χ4v) is 1.86. The second-order valence-electron chi connectivity index (χ2n) is 4.70. The zero-order valence-electron chi connectivity index (χ0n) is 11.2. The molecule has 0 saturated carbocycles. The molecule has 2 rings (SSSR count). The van der Waals surface area contributed by atoms with Crippen molar-refractivity contribution in [2.24, 2.45) is 0 Å². The van der Waals surface area contributed by atoms with Crippen LogP contribution >= 0.6 is 0 Å². The Bertz CT molecular complexity index is 569. The zero-order valence-corrected chi connectivity index (χ0v) is 11.2. The summed E-state index contributed by atoms with van der Waals surface area (Å²) < 4.78 is 13.1. The minimum absolute atomic E-state index is 0.193. The Balaban J connectivity index is 2.01. The summed E-state index contributed by atoms with van der Waals surface area (Å²) in [5.41, 5.74) is 8.45. The van der Waals surface area contributed by atoms with Gasteiger partial charge in [-0.1, -0.05) is 12.1 Å². The van der Waals surface area contributed by atoms with Gasteiger partial charge in [-0.2, -0.15) is 0 Å². The second kappa shape index (κ2) is 5.69. The Morgan fingerprint density at radius 3 is 2.79 bits per heavy atom. The van der Waals surface area contributed by atoms with Gasteiger partial charge in [0.2, 0.25) is 0 Å². The van der Waals surface area contributed by atoms with Gasteiger partial charge >= 0.3 is 0 Å². The van der Waals surface area contributed by atoms with Gasteiger partial charge in [0.15, 0.2) is 0 Å². The molecular formula is C15H18FN3. The highest BCUT2D eigenvalue weighted by molar-refractivity contribution is 5.51. The van der Waals surface area contributed by atoms with Crippen molar-refractivity contribution in [1.29, 1.82) is 0 Å². The Hall–Kier alpha value is -2.10. The lowest BCUT2D eigenvalue weighted by atomic mass is 10.1. The minimum atomic E-state index is -0.193. The van der Waals surface area contributed by atoms with Crippen LogP contribution in [0.15, 0.2) is 36.5 Å². The van der Waals surface area contributed by atoms with Crippen LogP contribution in [0.25, 0.3) is 0 Å². The molecule has 1 heterocycles. The first-order valence-corrected chi connectivity index (χ1v) is 6.24. The van der Waals surface area contributed by atoms with Gasteiger partial charge in [-0.05, 0) is 42.7 Å². The van der Waals surface area contributed by atoms with E-state index >= 15 is 0 Å². The highest BCUT2D eigenvalue weighted by Gasteiger charge is 2.05. The number of nitrogen functional groups attached to an aromatic ring is 1. The highest BCUT2D eigenvalue weighted by atomic mass is 19.1. The van der Waals surface area contributed by atoms with Crippen molar-refractivity contribution in [3.05, 3.63) is 53.5 Å². The first-order chi connectivity index (χ1) is 9.06. The number of rotatable bonds is 4. The summed E-state index contributed by atoms with van der Waals surface area (Å²) >= 11 is 0. The Kier molecular flexibility index (Phi) is 4.00. The summed E-state index contributed by atoms with van der Waals surface area (Å²) in [4.78, 5) is 6.33. The maximum atomic E-state index is 13.1. The molecular weight excluding hydrogens is 241 g/mol. The van der Waals surface area contributed by atoms with Crippen LogP contribution in [-0.4, -0.2) is 18.6 Å². The number of anilines is 2.